The van der Waals surface area contributed by atoms with Crippen molar-refractivity contribution >= 4 is 23.2 Å². The van der Waals surface area contributed by atoms with Gasteiger partial charge in [0.2, 0.25) is 11.5 Å². The van der Waals surface area contributed by atoms with Crippen molar-refractivity contribution in [3.8, 4) is 11.1 Å². The third kappa shape index (κ3) is 6.51. The number of hydrogen-bond acceptors (Lipinski definition) is 7. The molecule has 2 N–H and O–H groups in total. The number of nitrogens with one attached hydrogen (secondary N) is 2. The SMILES string of the molecule is CC1CCN(c2ncc(-c3cc(NC(=O)c4c[nH]c(=O)cc4C(F)(F)F)c(N4C[C@@H](C)N(C)[C@@H](C)C4)cc3F)cn2)CC1. The van der Waals surface area contributed by atoms with Gasteiger partial charge in [0.25, 0.3) is 5.91 Å². The largest absolute Gasteiger partial charge is 0.417 e. The molecule has 2 aromatic heterocycles. The summed E-state index contributed by atoms with van der Waals surface area (Å²) in [5, 5.41) is 2.57. The zero-order valence-electron chi connectivity index (χ0n) is 24.5. The lowest BCUT2D eigenvalue weighted by molar-refractivity contribution is -0.138. The van der Waals surface area contributed by atoms with Gasteiger partial charge in [-0.2, -0.15) is 13.2 Å². The van der Waals surface area contributed by atoms with Crippen LogP contribution in [0.25, 0.3) is 11.1 Å². The van der Waals surface area contributed by atoms with Crippen molar-refractivity contribution in [2.45, 2.75) is 51.9 Å². The number of H-pyrrole nitrogens is 1. The van der Waals surface area contributed by atoms with Crippen molar-refractivity contribution in [2.24, 2.45) is 5.92 Å². The first-order chi connectivity index (χ1) is 20.3. The fourth-order valence-electron chi connectivity index (χ4n) is 5.66. The Labute approximate surface area is 246 Å². The molecular formula is C30H35F4N7O2. The maximum absolute atomic E-state index is 15.8. The Balaban J connectivity index is 1.53. The number of piperazine rings is 1. The van der Waals surface area contributed by atoms with Crippen molar-refractivity contribution < 1.29 is 22.4 Å². The van der Waals surface area contributed by atoms with E-state index >= 15 is 4.39 Å². The molecule has 3 aromatic rings. The maximum atomic E-state index is 15.8. The quantitative estimate of drug-likeness (QED) is 0.397. The van der Waals surface area contributed by atoms with Gasteiger partial charge in [-0.05, 0) is 51.8 Å². The Bertz CT molecular complexity index is 1520. The molecule has 1 amide bonds. The summed E-state index contributed by atoms with van der Waals surface area (Å²) in [7, 11) is 1.99. The van der Waals surface area contributed by atoms with Crippen molar-refractivity contribution in [3.05, 3.63) is 64.1 Å². The summed E-state index contributed by atoms with van der Waals surface area (Å²) < 4.78 is 57.0. The highest BCUT2D eigenvalue weighted by Gasteiger charge is 2.36. The van der Waals surface area contributed by atoms with E-state index < -0.39 is 34.6 Å². The van der Waals surface area contributed by atoms with Gasteiger partial charge in [-0.1, -0.05) is 6.92 Å². The van der Waals surface area contributed by atoms with E-state index in [1.54, 1.807) is 0 Å². The standard InChI is InChI=1S/C30H35F4N7O2/c1-17-5-7-40(8-6-17)29-36-12-20(13-37-29)21-9-25(26(11-24(21)31)41-15-18(2)39(4)19(3)16-41)38-28(43)22-14-35-27(42)10-23(22)30(32,33)34/h9-14,17-19H,5-8,15-16H2,1-4H3,(H,35,42)(H,38,43)/t18-,19+. The highest BCUT2D eigenvalue weighted by atomic mass is 19.4. The lowest BCUT2D eigenvalue weighted by atomic mass is 10.00. The van der Waals surface area contributed by atoms with E-state index in [-0.39, 0.29) is 23.3 Å². The summed E-state index contributed by atoms with van der Waals surface area (Å²) in [4.78, 5) is 42.2. The van der Waals surface area contributed by atoms with Gasteiger partial charge in [-0.15, -0.1) is 0 Å². The van der Waals surface area contributed by atoms with Crippen molar-refractivity contribution in [1.82, 2.24) is 19.9 Å². The first kappa shape index (κ1) is 30.5. The van der Waals surface area contributed by atoms with Crippen LogP contribution in [0.5, 0.6) is 0 Å². The lowest BCUT2D eigenvalue weighted by Crippen LogP contribution is -2.55. The third-order valence-corrected chi connectivity index (χ3v) is 8.52. The topological polar surface area (TPSA) is 97.5 Å². The number of amides is 1. The molecule has 230 valence electrons. The van der Waals surface area contributed by atoms with Crippen LogP contribution in [0.15, 0.2) is 41.6 Å². The van der Waals surface area contributed by atoms with Crippen molar-refractivity contribution in [2.75, 3.05) is 48.3 Å². The molecule has 0 aliphatic carbocycles. The number of anilines is 3. The summed E-state index contributed by atoms with van der Waals surface area (Å²) in [6.45, 7) is 8.89. The molecule has 1 aromatic carbocycles. The molecular weight excluding hydrogens is 566 g/mol. The molecule has 13 heteroatoms. The van der Waals surface area contributed by atoms with Crippen LogP contribution in [0.1, 0.15) is 49.5 Å². The highest BCUT2D eigenvalue weighted by Crippen LogP contribution is 2.37. The highest BCUT2D eigenvalue weighted by molar-refractivity contribution is 6.07. The van der Waals surface area contributed by atoms with Crippen LogP contribution in [0.3, 0.4) is 0 Å². The number of halogens is 4. The number of pyridine rings is 1. The fourth-order valence-corrected chi connectivity index (χ4v) is 5.66. The second-order valence-corrected chi connectivity index (χ2v) is 11.6. The first-order valence-corrected chi connectivity index (χ1v) is 14.3. The van der Waals surface area contributed by atoms with E-state index in [2.05, 4.69) is 37.0 Å². The minimum Gasteiger partial charge on any atom is -0.367 e. The molecule has 2 aliphatic heterocycles. The molecule has 0 radical (unpaired) electrons. The number of piperidine rings is 1. The molecule has 2 aliphatic rings. The third-order valence-electron chi connectivity index (χ3n) is 8.52. The van der Waals surface area contributed by atoms with Gasteiger partial charge in [0.05, 0.1) is 22.5 Å². The minimum atomic E-state index is -4.94. The number of carbonyl (C=O) groups excluding carboxylic acids is 1. The predicted octanol–water partition coefficient (Wildman–Crippen LogP) is 5.01. The van der Waals surface area contributed by atoms with Crippen LogP contribution < -0.4 is 20.7 Å². The number of rotatable bonds is 5. The second-order valence-electron chi connectivity index (χ2n) is 11.6. The fraction of sp³-hybridized carbons (Fsp3) is 0.467. The normalized spacial score (nSPS) is 20.4. The molecule has 0 spiro atoms. The Kier molecular flexibility index (Phi) is 8.46. The number of aromatic amines is 1. The molecule has 43 heavy (non-hydrogen) atoms. The number of nitrogens with zero attached hydrogens (tertiary/aromatic N) is 5. The predicted molar refractivity (Wildman–Crippen MR) is 157 cm³/mol. The molecule has 4 heterocycles. The molecule has 2 atom stereocenters. The Hall–Kier alpha value is -4.00. The van der Waals surface area contributed by atoms with E-state index in [1.165, 1.54) is 24.5 Å². The van der Waals surface area contributed by atoms with Crippen molar-refractivity contribution in [1.29, 1.82) is 0 Å². The van der Waals surface area contributed by atoms with E-state index in [1.807, 2.05) is 25.8 Å². The van der Waals surface area contributed by atoms with Crippen LogP contribution in [0.4, 0.5) is 34.9 Å². The Morgan fingerprint density at radius 1 is 1.00 bits per heavy atom. The molecule has 5 rings (SSSR count). The average molecular weight is 602 g/mol. The monoisotopic (exact) mass is 601 g/mol. The zero-order valence-corrected chi connectivity index (χ0v) is 24.5. The number of benzene rings is 1. The number of hydrogen-bond donors (Lipinski definition) is 2. The second kappa shape index (κ2) is 11.9. The van der Waals surface area contributed by atoms with E-state index in [0.717, 1.165) is 32.1 Å². The molecule has 0 unspecified atom stereocenters. The molecule has 9 nitrogen and oxygen atoms in total. The summed E-state index contributed by atoms with van der Waals surface area (Å²) in [6, 6.07) is 3.20. The summed E-state index contributed by atoms with van der Waals surface area (Å²) in [5.74, 6) is -0.510. The number of aromatic nitrogens is 3. The molecule has 2 saturated heterocycles. The zero-order chi connectivity index (χ0) is 31.1. The molecule has 0 saturated carbocycles. The lowest BCUT2D eigenvalue weighted by Gasteiger charge is -2.44. The van der Waals surface area contributed by atoms with Gasteiger partial charge in [0.15, 0.2) is 0 Å². The minimum absolute atomic E-state index is 0.0878. The molecule has 0 bridgehead atoms. The van der Waals surface area contributed by atoms with Crippen LogP contribution in [0.2, 0.25) is 0 Å². The maximum Gasteiger partial charge on any atom is 0.417 e. The average Bonchev–Trinajstić information content (AvgIpc) is 2.96. The van der Waals surface area contributed by atoms with Gasteiger partial charge in [0, 0.05) is 74.0 Å². The van der Waals surface area contributed by atoms with E-state index in [0.29, 0.717) is 42.3 Å². The van der Waals surface area contributed by atoms with E-state index in [9.17, 15) is 22.8 Å². The van der Waals surface area contributed by atoms with Crippen LogP contribution in [-0.2, 0) is 6.18 Å². The Morgan fingerprint density at radius 2 is 1.63 bits per heavy atom. The summed E-state index contributed by atoms with van der Waals surface area (Å²) in [5.41, 5.74) is -2.21. The first-order valence-electron chi connectivity index (χ1n) is 14.3. The van der Waals surface area contributed by atoms with Gasteiger partial charge >= 0.3 is 6.18 Å². The summed E-state index contributed by atoms with van der Waals surface area (Å²) in [6.07, 6.45) is 0.865. The number of likely N-dealkylation sites (N-methyl/N-ethyl adjacent to an activating group) is 1. The van der Waals surface area contributed by atoms with Crippen LogP contribution in [0, 0.1) is 11.7 Å². The number of alkyl halides is 3. The Morgan fingerprint density at radius 3 is 2.23 bits per heavy atom. The van der Waals surface area contributed by atoms with Crippen molar-refractivity contribution in [3.63, 3.8) is 0 Å². The van der Waals surface area contributed by atoms with Gasteiger partial charge in [-0.3, -0.25) is 14.5 Å². The van der Waals surface area contributed by atoms with Gasteiger partial charge in [-0.25, -0.2) is 14.4 Å². The van der Waals surface area contributed by atoms with Gasteiger partial charge in [0.1, 0.15) is 5.82 Å². The van der Waals surface area contributed by atoms with Crippen LogP contribution >= 0.6 is 0 Å². The number of carbonyl (C=O) groups is 1. The van der Waals surface area contributed by atoms with E-state index in [4.69, 9.17) is 0 Å². The van der Waals surface area contributed by atoms with Crippen LogP contribution in [-0.4, -0.2) is 71.1 Å². The molecule has 2 fully saturated rings. The summed E-state index contributed by atoms with van der Waals surface area (Å²) >= 11 is 0. The van der Waals surface area contributed by atoms with Gasteiger partial charge < -0.3 is 20.1 Å². The smallest absolute Gasteiger partial charge is 0.367 e.